The largest absolute Gasteiger partial charge is 0.422 e. The number of pyridine rings is 1. The van der Waals surface area contributed by atoms with Crippen molar-refractivity contribution in [3.63, 3.8) is 0 Å². The third-order valence-corrected chi connectivity index (χ3v) is 4.41. The zero-order chi connectivity index (χ0) is 16.5. The first-order chi connectivity index (χ1) is 11.7. The molecule has 0 bridgehead atoms. The average molecular weight is 324 g/mol. The van der Waals surface area contributed by atoms with Crippen molar-refractivity contribution in [2.24, 2.45) is 0 Å². The Kier molecular flexibility index (Phi) is 3.76. The Bertz CT molecular complexity index is 861. The minimum atomic E-state index is 0.559. The van der Waals surface area contributed by atoms with Crippen LogP contribution in [0.1, 0.15) is 17.9 Å². The van der Waals surface area contributed by atoms with Gasteiger partial charge in [-0.1, -0.05) is 0 Å². The molecule has 0 saturated carbocycles. The molecule has 1 fully saturated rings. The van der Waals surface area contributed by atoms with Crippen LogP contribution in [0.25, 0.3) is 11.2 Å². The molecule has 0 unspecified atom stereocenters. The van der Waals surface area contributed by atoms with E-state index in [1.807, 2.05) is 19.3 Å². The van der Waals surface area contributed by atoms with Crippen LogP contribution in [-0.2, 0) is 0 Å². The summed E-state index contributed by atoms with van der Waals surface area (Å²) in [7, 11) is 0. The minimum absolute atomic E-state index is 0.559. The van der Waals surface area contributed by atoms with Crippen molar-refractivity contribution in [1.29, 1.82) is 0 Å². The lowest BCUT2D eigenvalue weighted by Gasteiger charge is -2.25. The van der Waals surface area contributed by atoms with E-state index in [-0.39, 0.29) is 0 Å². The molecule has 1 aliphatic heterocycles. The molecule has 4 rings (SSSR count). The van der Waals surface area contributed by atoms with Crippen LogP contribution in [0.4, 0.5) is 11.5 Å². The van der Waals surface area contributed by atoms with Gasteiger partial charge in [0, 0.05) is 51.2 Å². The topological polar surface area (TPSA) is 71.2 Å². The minimum Gasteiger partial charge on any atom is -0.422 e. The van der Waals surface area contributed by atoms with Gasteiger partial charge in [0.2, 0.25) is 0 Å². The number of oxazole rings is 1. The zero-order valence-corrected chi connectivity index (χ0v) is 13.9. The number of rotatable bonds is 2. The molecular weight excluding hydrogens is 304 g/mol. The molecule has 3 aromatic rings. The normalized spacial score (nSPS) is 15.8. The van der Waals surface area contributed by atoms with Crippen LogP contribution in [0.2, 0.25) is 0 Å². The number of aromatic nitrogens is 4. The number of hydrogen-bond acceptors (Lipinski definition) is 7. The highest BCUT2D eigenvalue weighted by Gasteiger charge is 2.21. The first kappa shape index (κ1) is 14.9. The van der Waals surface area contributed by atoms with E-state index in [0.29, 0.717) is 11.6 Å². The smallest absolute Gasteiger partial charge is 0.252 e. The quantitative estimate of drug-likeness (QED) is 0.716. The molecule has 0 aromatic carbocycles. The van der Waals surface area contributed by atoms with Gasteiger partial charge in [-0.2, -0.15) is 4.98 Å². The summed E-state index contributed by atoms with van der Waals surface area (Å²) < 4.78 is 5.53. The Balaban J connectivity index is 1.59. The fourth-order valence-electron chi connectivity index (χ4n) is 3.27. The number of fused-ring (bicyclic) bond motifs is 1. The molecule has 0 atom stereocenters. The molecule has 0 N–H and O–H groups in total. The Labute approximate surface area is 140 Å². The van der Waals surface area contributed by atoms with Crippen LogP contribution in [0, 0.1) is 13.8 Å². The van der Waals surface area contributed by atoms with Crippen LogP contribution in [0.5, 0.6) is 0 Å². The van der Waals surface area contributed by atoms with Crippen LogP contribution in [0.15, 0.2) is 29.2 Å². The van der Waals surface area contributed by atoms with Crippen molar-refractivity contribution in [2.75, 3.05) is 36.0 Å². The van der Waals surface area contributed by atoms with Gasteiger partial charge >= 0.3 is 0 Å². The van der Waals surface area contributed by atoms with Gasteiger partial charge in [0.25, 0.3) is 5.71 Å². The highest BCUT2D eigenvalue weighted by Crippen LogP contribution is 2.25. The summed E-state index contributed by atoms with van der Waals surface area (Å²) in [5.74, 6) is 1.49. The Morgan fingerprint density at radius 1 is 1.04 bits per heavy atom. The average Bonchev–Trinajstić information content (AvgIpc) is 2.80. The monoisotopic (exact) mass is 324 g/mol. The zero-order valence-electron chi connectivity index (χ0n) is 13.9. The second-order valence-electron chi connectivity index (χ2n) is 6.07. The van der Waals surface area contributed by atoms with Crippen LogP contribution < -0.4 is 9.80 Å². The first-order valence-corrected chi connectivity index (χ1v) is 8.21. The third-order valence-electron chi connectivity index (χ3n) is 4.41. The van der Waals surface area contributed by atoms with E-state index in [0.717, 1.165) is 43.9 Å². The van der Waals surface area contributed by atoms with Crippen molar-refractivity contribution in [3.05, 3.63) is 36.2 Å². The Hall–Kier alpha value is -2.70. The third kappa shape index (κ3) is 2.66. The molecule has 4 heterocycles. The van der Waals surface area contributed by atoms with E-state index >= 15 is 0 Å². The lowest BCUT2D eigenvalue weighted by molar-refractivity contribution is 0.551. The summed E-state index contributed by atoms with van der Waals surface area (Å²) >= 11 is 0. The lowest BCUT2D eigenvalue weighted by atomic mass is 10.2. The molecule has 0 radical (unpaired) electrons. The number of nitrogens with zero attached hydrogens (tertiary/aromatic N) is 6. The van der Waals surface area contributed by atoms with Crippen molar-refractivity contribution in [2.45, 2.75) is 20.3 Å². The van der Waals surface area contributed by atoms with Crippen molar-refractivity contribution >= 4 is 22.7 Å². The fraction of sp³-hybridized carbons (Fsp3) is 0.412. The molecule has 1 saturated heterocycles. The summed E-state index contributed by atoms with van der Waals surface area (Å²) in [6, 6.07) is 2.09. The van der Waals surface area contributed by atoms with Crippen LogP contribution in [-0.4, -0.2) is 46.1 Å². The van der Waals surface area contributed by atoms with Gasteiger partial charge in [-0.3, -0.25) is 4.98 Å². The van der Waals surface area contributed by atoms with Crippen molar-refractivity contribution < 1.29 is 4.42 Å². The summed E-state index contributed by atoms with van der Waals surface area (Å²) in [6.45, 7) is 7.73. The fourth-order valence-corrected chi connectivity index (χ4v) is 3.27. The van der Waals surface area contributed by atoms with Gasteiger partial charge in [-0.15, -0.1) is 0 Å². The predicted molar refractivity (Wildman–Crippen MR) is 92.4 cm³/mol. The summed E-state index contributed by atoms with van der Waals surface area (Å²) in [5, 5.41) is 0. The highest BCUT2D eigenvalue weighted by molar-refractivity contribution is 5.81. The Morgan fingerprint density at radius 2 is 1.88 bits per heavy atom. The molecule has 7 nitrogen and oxygen atoms in total. The molecule has 0 spiro atoms. The molecule has 124 valence electrons. The highest BCUT2D eigenvalue weighted by atomic mass is 16.4. The van der Waals surface area contributed by atoms with Crippen LogP contribution in [0.3, 0.4) is 0 Å². The molecule has 0 amide bonds. The SMILES string of the molecule is Cc1nc2c(N3CCCN(c4ccncc4C)CC3)ncnc2o1. The predicted octanol–water partition coefficient (Wildman–Crippen LogP) is 2.35. The number of anilines is 2. The van der Waals surface area contributed by atoms with E-state index in [4.69, 9.17) is 4.42 Å². The second kappa shape index (κ2) is 6.07. The molecule has 1 aliphatic rings. The molecular formula is C17H20N6O. The van der Waals surface area contributed by atoms with E-state index in [1.54, 1.807) is 6.33 Å². The number of hydrogen-bond donors (Lipinski definition) is 0. The van der Waals surface area contributed by atoms with E-state index in [2.05, 4.69) is 42.7 Å². The molecule has 3 aromatic heterocycles. The van der Waals surface area contributed by atoms with Gasteiger partial charge in [0.15, 0.2) is 17.2 Å². The standard InChI is InChI=1S/C17H20N6O/c1-12-10-18-5-4-14(12)22-6-3-7-23(9-8-22)16-15-17(20-11-19-16)24-13(2)21-15/h4-5,10-11H,3,6-9H2,1-2H3. The maximum atomic E-state index is 5.53. The summed E-state index contributed by atoms with van der Waals surface area (Å²) in [4.78, 5) is 22.0. The maximum absolute atomic E-state index is 5.53. The Morgan fingerprint density at radius 3 is 2.75 bits per heavy atom. The second-order valence-corrected chi connectivity index (χ2v) is 6.07. The van der Waals surface area contributed by atoms with Gasteiger partial charge < -0.3 is 14.2 Å². The number of aryl methyl sites for hydroxylation is 2. The van der Waals surface area contributed by atoms with Crippen LogP contribution >= 0.6 is 0 Å². The van der Waals surface area contributed by atoms with Crippen molar-refractivity contribution in [1.82, 2.24) is 19.9 Å². The van der Waals surface area contributed by atoms with Gasteiger partial charge in [-0.25, -0.2) is 9.97 Å². The first-order valence-electron chi connectivity index (χ1n) is 8.21. The van der Waals surface area contributed by atoms with Crippen molar-refractivity contribution in [3.8, 4) is 0 Å². The molecule has 0 aliphatic carbocycles. The van der Waals surface area contributed by atoms with Gasteiger partial charge in [0.1, 0.15) is 6.33 Å². The molecule has 24 heavy (non-hydrogen) atoms. The van der Waals surface area contributed by atoms with E-state index in [1.165, 1.54) is 11.3 Å². The van der Waals surface area contributed by atoms with Gasteiger partial charge in [0.05, 0.1) is 0 Å². The summed E-state index contributed by atoms with van der Waals surface area (Å²) in [6.07, 6.45) is 6.39. The van der Waals surface area contributed by atoms with Gasteiger partial charge in [-0.05, 0) is 25.0 Å². The molecule has 7 heteroatoms. The van der Waals surface area contributed by atoms with E-state index < -0.39 is 0 Å². The van der Waals surface area contributed by atoms with E-state index in [9.17, 15) is 0 Å². The maximum Gasteiger partial charge on any atom is 0.252 e. The lowest BCUT2D eigenvalue weighted by Crippen LogP contribution is -2.31. The summed E-state index contributed by atoms with van der Waals surface area (Å²) in [5.41, 5.74) is 3.78.